The third-order valence-electron chi connectivity index (χ3n) is 9.15. The molecule has 1 atom stereocenters. The maximum Gasteiger partial charge on any atom is 0.323 e. The van der Waals surface area contributed by atoms with Crippen molar-refractivity contribution < 1.29 is 9.53 Å². The van der Waals surface area contributed by atoms with Crippen LogP contribution in [0.1, 0.15) is 75.7 Å². The second kappa shape index (κ2) is 13.8. The standard InChI is InChI=1S/C32H47N7O2/c1-4-27(5-2)38-17-11-32(12-18-38)19-28(31(40)41-6-3)39(24-32)21-26-9-7-25(8-10-26)20-37(22-29-33-13-14-34-29)23-30-35-15-16-36-30/h7-10,13-16,27-28H,4-6,11-12,17-24H2,1-3H3,(H,33,34)(H,35,36). The molecule has 2 fully saturated rings. The van der Waals surface area contributed by atoms with Crippen molar-refractivity contribution in [2.45, 2.75) is 91.1 Å². The maximum absolute atomic E-state index is 13.1. The van der Waals surface area contributed by atoms with Gasteiger partial charge in [-0.15, -0.1) is 0 Å². The molecule has 222 valence electrons. The Labute approximate surface area is 244 Å². The number of carbonyl (C=O) groups is 1. The summed E-state index contributed by atoms with van der Waals surface area (Å²) in [6, 6.07) is 9.38. The number of hydrogen-bond acceptors (Lipinski definition) is 7. The summed E-state index contributed by atoms with van der Waals surface area (Å²) < 4.78 is 5.56. The van der Waals surface area contributed by atoms with E-state index in [-0.39, 0.29) is 17.4 Å². The number of piperidine rings is 1. The number of imidazole rings is 2. The highest BCUT2D eigenvalue weighted by Gasteiger charge is 2.48. The van der Waals surface area contributed by atoms with Gasteiger partial charge in [0.15, 0.2) is 0 Å². The normalized spacial score (nSPS) is 19.5. The molecule has 1 unspecified atom stereocenters. The quantitative estimate of drug-likeness (QED) is 0.291. The first-order valence-corrected chi connectivity index (χ1v) is 15.4. The van der Waals surface area contributed by atoms with Crippen molar-refractivity contribution in [1.82, 2.24) is 34.6 Å². The summed E-state index contributed by atoms with van der Waals surface area (Å²) in [6.07, 6.45) is 13.0. The molecule has 41 heavy (non-hydrogen) atoms. The van der Waals surface area contributed by atoms with Gasteiger partial charge in [0, 0.05) is 50.5 Å². The van der Waals surface area contributed by atoms with Crippen LogP contribution in [0.15, 0.2) is 49.1 Å². The topological polar surface area (TPSA) is 93.4 Å². The van der Waals surface area contributed by atoms with Gasteiger partial charge in [-0.05, 0) is 68.7 Å². The van der Waals surface area contributed by atoms with Crippen molar-refractivity contribution in [3.63, 3.8) is 0 Å². The van der Waals surface area contributed by atoms with Crippen LogP contribution in [0.5, 0.6) is 0 Å². The zero-order valence-corrected chi connectivity index (χ0v) is 25.0. The first-order valence-electron chi connectivity index (χ1n) is 15.4. The number of nitrogens with one attached hydrogen (secondary N) is 2. The molecule has 2 aliphatic heterocycles. The highest BCUT2D eigenvalue weighted by Crippen LogP contribution is 2.44. The van der Waals surface area contributed by atoms with Crippen LogP contribution >= 0.6 is 0 Å². The van der Waals surface area contributed by atoms with Gasteiger partial charge in [0.25, 0.3) is 0 Å². The van der Waals surface area contributed by atoms with E-state index in [0.717, 1.165) is 63.6 Å². The van der Waals surface area contributed by atoms with Crippen LogP contribution in [0, 0.1) is 5.41 Å². The van der Waals surface area contributed by atoms with E-state index in [1.165, 1.54) is 24.0 Å². The molecule has 0 aliphatic carbocycles. The van der Waals surface area contributed by atoms with Crippen molar-refractivity contribution in [2.75, 3.05) is 26.2 Å². The minimum absolute atomic E-state index is 0.0603. The molecule has 2 N–H and O–H groups in total. The minimum atomic E-state index is -0.161. The number of ether oxygens (including phenoxy) is 1. The van der Waals surface area contributed by atoms with E-state index in [1.807, 2.05) is 19.3 Å². The Morgan fingerprint density at radius 2 is 1.59 bits per heavy atom. The van der Waals surface area contributed by atoms with Gasteiger partial charge in [0.05, 0.1) is 19.7 Å². The molecule has 2 aromatic heterocycles. The molecule has 2 saturated heterocycles. The Morgan fingerprint density at radius 1 is 0.976 bits per heavy atom. The van der Waals surface area contributed by atoms with Gasteiger partial charge in [-0.3, -0.25) is 14.6 Å². The average Bonchev–Trinajstić information content (AvgIpc) is 3.75. The Morgan fingerprint density at radius 3 is 2.12 bits per heavy atom. The lowest BCUT2D eigenvalue weighted by molar-refractivity contribution is -0.148. The predicted molar refractivity (Wildman–Crippen MR) is 160 cm³/mol. The Hall–Kier alpha value is -3.01. The van der Waals surface area contributed by atoms with Crippen molar-refractivity contribution in [2.24, 2.45) is 5.41 Å². The molecular weight excluding hydrogens is 514 g/mol. The molecule has 9 heteroatoms. The third kappa shape index (κ3) is 7.45. The van der Waals surface area contributed by atoms with Crippen molar-refractivity contribution >= 4 is 5.97 Å². The van der Waals surface area contributed by atoms with Crippen LogP contribution in [0.4, 0.5) is 0 Å². The van der Waals surface area contributed by atoms with Crippen LogP contribution < -0.4 is 0 Å². The van der Waals surface area contributed by atoms with E-state index < -0.39 is 0 Å². The number of aromatic nitrogens is 4. The number of aromatic amines is 2. The van der Waals surface area contributed by atoms with Gasteiger partial charge in [-0.1, -0.05) is 38.1 Å². The Kier molecular flexibility index (Phi) is 9.90. The van der Waals surface area contributed by atoms with E-state index in [9.17, 15) is 4.79 Å². The lowest BCUT2D eigenvalue weighted by Gasteiger charge is -2.42. The average molecular weight is 562 g/mol. The van der Waals surface area contributed by atoms with Crippen molar-refractivity contribution in [1.29, 1.82) is 0 Å². The second-order valence-corrected chi connectivity index (χ2v) is 11.9. The molecule has 5 rings (SSSR count). The highest BCUT2D eigenvalue weighted by atomic mass is 16.5. The smallest absolute Gasteiger partial charge is 0.323 e. The zero-order chi connectivity index (χ0) is 28.7. The molecule has 4 heterocycles. The molecule has 1 aromatic carbocycles. The fourth-order valence-electron chi connectivity index (χ4n) is 6.92. The fourth-order valence-corrected chi connectivity index (χ4v) is 6.92. The summed E-state index contributed by atoms with van der Waals surface area (Å²) in [6.45, 7) is 13.1. The second-order valence-electron chi connectivity index (χ2n) is 11.9. The van der Waals surface area contributed by atoms with Crippen molar-refractivity contribution in [3.05, 3.63) is 71.8 Å². The molecule has 3 aromatic rings. The molecule has 1 spiro atoms. The van der Waals surface area contributed by atoms with Crippen LogP contribution in [0.25, 0.3) is 0 Å². The lowest BCUT2D eigenvalue weighted by Crippen LogP contribution is -2.45. The van der Waals surface area contributed by atoms with Crippen LogP contribution in [0.3, 0.4) is 0 Å². The zero-order valence-electron chi connectivity index (χ0n) is 25.0. The van der Waals surface area contributed by atoms with E-state index in [2.05, 4.69) is 72.7 Å². The summed E-state index contributed by atoms with van der Waals surface area (Å²) >= 11 is 0. The van der Waals surface area contributed by atoms with E-state index in [1.54, 1.807) is 12.4 Å². The van der Waals surface area contributed by atoms with Crippen molar-refractivity contribution in [3.8, 4) is 0 Å². The first-order chi connectivity index (χ1) is 20.0. The molecule has 0 radical (unpaired) electrons. The summed E-state index contributed by atoms with van der Waals surface area (Å²) in [5.74, 6) is 1.81. The number of H-pyrrole nitrogens is 2. The summed E-state index contributed by atoms with van der Waals surface area (Å²) in [7, 11) is 0. The third-order valence-corrected chi connectivity index (χ3v) is 9.15. The predicted octanol–water partition coefficient (Wildman–Crippen LogP) is 4.74. The fraction of sp³-hybridized carbons (Fsp3) is 0.594. The molecular formula is C32H47N7O2. The largest absolute Gasteiger partial charge is 0.465 e. The number of carbonyl (C=O) groups excluding carboxylic acids is 1. The number of benzene rings is 1. The van der Waals surface area contributed by atoms with E-state index in [4.69, 9.17) is 4.74 Å². The monoisotopic (exact) mass is 561 g/mol. The van der Waals surface area contributed by atoms with E-state index in [0.29, 0.717) is 25.7 Å². The number of nitrogens with zero attached hydrogens (tertiary/aromatic N) is 5. The Balaban J connectivity index is 1.24. The molecule has 0 bridgehead atoms. The summed E-state index contributed by atoms with van der Waals surface area (Å²) in [4.78, 5) is 35.7. The van der Waals surface area contributed by atoms with Gasteiger partial charge < -0.3 is 19.6 Å². The summed E-state index contributed by atoms with van der Waals surface area (Å²) in [5.41, 5.74) is 2.68. The highest BCUT2D eigenvalue weighted by molar-refractivity contribution is 5.76. The van der Waals surface area contributed by atoms with Gasteiger partial charge >= 0.3 is 5.97 Å². The van der Waals surface area contributed by atoms with Crippen LogP contribution in [-0.4, -0.2) is 78.9 Å². The number of rotatable bonds is 13. The maximum atomic E-state index is 13.1. The molecule has 2 aliphatic rings. The van der Waals surface area contributed by atoms with E-state index >= 15 is 0 Å². The van der Waals surface area contributed by atoms with Crippen LogP contribution in [0.2, 0.25) is 0 Å². The molecule has 0 amide bonds. The van der Waals surface area contributed by atoms with Gasteiger partial charge in [0.2, 0.25) is 0 Å². The van der Waals surface area contributed by atoms with Gasteiger partial charge in [-0.2, -0.15) is 0 Å². The number of esters is 1. The number of likely N-dealkylation sites (tertiary alicyclic amines) is 2. The van der Waals surface area contributed by atoms with Gasteiger partial charge in [-0.25, -0.2) is 9.97 Å². The molecule has 9 nitrogen and oxygen atoms in total. The minimum Gasteiger partial charge on any atom is -0.465 e. The van der Waals surface area contributed by atoms with Crippen LogP contribution in [-0.2, 0) is 35.7 Å². The lowest BCUT2D eigenvalue weighted by atomic mass is 9.76. The number of hydrogen-bond donors (Lipinski definition) is 2. The Bertz CT molecular complexity index is 1150. The molecule has 0 saturated carbocycles. The van der Waals surface area contributed by atoms with Gasteiger partial charge in [0.1, 0.15) is 17.7 Å². The summed E-state index contributed by atoms with van der Waals surface area (Å²) in [5, 5.41) is 0. The SMILES string of the molecule is CCOC(=O)C1CC2(CCN(C(CC)CC)CC2)CN1Cc1ccc(CN(Cc2ncc[nH]2)Cc2ncc[nH]2)cc1. The first kappa shape index (κ1) is 29.5.